The summed E-state index contributed by atoms with van der Waals surface area (Å²) in [4.78, 5) is 10.4. The van der Waals surface area contributed by atoms with Crippen LogP contribution in [0.15, 0.2) is 0 Å². The molecule has 0 atom stereocenters. The number of ether oxygens (including phenoxy) is 1. The Balaban J connectivity index is 4.59. The van der Waals surface area contributed by atoms with Crippen LogP contribution in [0.5, 0.6) is 0 Å². The fraction of sp³-hybridized carbons (Fsp3) is 0.909. The molecule has 0 aliphatic carbocycles. The van der Waals surface area contributed by atoms with Crippen molar-refractivity contribution < 1.29 is 27.7 Å². The zero-order valence-electron chi connectivity index (χ0n) is 12.4. The van der Waals surface area contributed by atoms with E-state index >= 15 is 0 Å². The maximum absolute atomic E-state index is 12.5. The van der Waals surface area contributed by atoms with Gasteiger partial charge in [-0.05, 0) is 41.5 Å². The average Bonchev–Trinajstić information content (AvgIpc) is 2.05. The van der Waals surface area contributed by atoms with Gasteiger partial charge in [0.1, 0.15) is 6.61 Å². The number of amides is 1. The van der Waals surface area contributed by atoms with E-state index in [0.29, 0.717) is 0 Å². The second kappa shape index (κ2) is 6.70. The first-order chi connectivity index (χ1) is 8.33. The highest BCUT2D eigenvalue weighted by Crippen LogP contribution is 2.55. The average molecular weight is 297 g/mol. The van der Waals surface area contributed by atoms with E-state index in [1.54, 1.807) is 41.5 Å². The molecule has 2 N–H and O–H groups in total. The van der Waals surface area contributed by atoms with Crippen LogP contribution in [0, 0.1) is 0 Å². The predicted molar refractivity (Wildman–Crippen MR) is 70.8 cm³/mol. The van der Waals surface area contributed by atoms with Gasteiger partial charge in [-0.3, -0.25) is 13.6 Å². The first-order valence-electron chi connectivity index (χ1n) is 5.91. The fourth-order valence-electron chi connectivity index (χ4n) is 1.03. The summed E-state index contributed by atoms with van der Waals surface area (Å²) in [6, 6.07) is 0. The summed E-state index contributed by atoms with van der Waals surface area (Å²) < 4.78 is 32.7. The summed E-state index contributed by atoms with van der Waals surface area (Å²) in [5.74, 6) is 0. The SMILES string of the molecule is CC(C)(C)OP(=O)(OCCOC(N)=O)OC(C)(C)C. The third-order valence-electron chi connectivity index (χ3n) is 1.35. The highest BCUT2D eigenvalue weighted by atomic mass is 31.2. The summed E-state index contributed by atoms with van der Waals surface area (Å²) in [7, 11) is -3.75. The van der Waals surface area contributed by atoms with Gasteiger partial charge in [-0.2, -0.15) is 0 Å². The predicted octanol–water partition coefficient (Wildman–Crippen LogP) is 2.84. The lowest BCUT2D eigenvalue weighted by atomic mass is 10.2. The molecule has 1 amide bonds. The van der Waals surface area contributed by atoms with Crippen LogP contribution in [0.4, 0.5) is 4.79 Å². The molecular formula is C11H24NO6P. The van der Waals surface area contributed by atoms with Gasteiger partial charge in [0.25, 0.3) is 0 Å². The maximum Gasteiger partial charge on any atom is 0.475 e. The van der Waals surface area contributed by atoms with Crippen LogP contribution >= 0.6 is 7.82 Å². The van der Waals surface area contributed by atoms with Crippen molar-refractivity contribution >= 4 is 13.9 Å². The van der Waals surface area contributed by atoms with Gasteiger partial charge in [-0.25, -0.2) is 9.36 Å². The molecule has 19 heavy (non-hydrogen) atoms. The molecule has 0 aliphatic heterocycles. The zero-order chi connectivity index (χ0) is 15.3. The highest BCUT2D eigenvalue weighted by molar-refractivity contribution is 7.48. The van der Waals surface area contributed by atoms with Crippen LogP contribution in [0.1, 0.15) is 41.5 Å². The summed E-state index contributed by atoms with van der Waals surface area (Å²) in [6.07, 6.45) is -0.924. The summed E-state index contributed by atoms with van der Waals surface area (Å²) >= 11 is 0. The van der Waals surface area contributed by atoms with Gasteiger partial charge in [0.15, 0.2) is 0 Å². The molecule has 0 saturated carbocycles. The number of carbonyl (C=O) groups is 1. The maximum atomic E-state index is 12.5. The Morgan fingerprint density at radius 1 is 1.00 bits per heavy atom. The molecule has 0 saturated heterocycles. The van der Waals surface area contributed by atoms with E-state index in [9.17, 15) is 9.36 Å². The second-order valence-electron chi connectivity index (χ2n) is 5.86. The van der Waals surface area contributed by atoms with Crippen molar-refractivity contribution in [3.63, 3.8) is 0 Å². The van der Waals surface area contributed by atoms with Crippen LogP contribution in [0.2, 0.25) is 0 Å². The van der Waals surface area contributed by atoms with Crippen molar-refractivity contribution in [1.82, 2.24) is 0 Å². The molecule has 114 valence electrons. The minimum absolute atomic E-state index is 0.125. The minimum atomic E-state index is -3.75. The number of phosphoric ester groups is 1. The molecule has 0 radical (unpaired) electrons. The monoisotopic (exact) mass is 297 g/mol. The summed E-state index contributed by atoms with van der Waals surface area (Å²) in [5.41, 5.74) is 3.39. The van der Waals surface area contributed by atoms with Crippen molar-refractivity contribution in [2.24, 2.45) is 5.73 Å². The smallest absolute Gasteiger partial charge is 0.447 e. The van der Waals surface area contributed by atoms with E-state index in [1.807, 2.05) is 0 Å². The number of phosphoric acid groups is 1. The van der Waals surface area contributed by atoms with Gasteiger partial charge >= 0.3 is 13.9 Å². The number of rotatable bonds is 6. The first-order valence-corrected chi connectivity index (χ1v) is 7.37. The Hall–Kier alpha value is -0.620. The molecule has 0 fully saturated rings. The normalized spacial score (nSPS) is 13.4. The molecular weight excluding hydrogens is 273 g/mol. The number of carbonyl (C=O) groups excluding carboxylic acids is 1. The largest absolute Gasteiger partial charge is 0.475 e. The van der Waals surface area contributed by atoms with E-state index in [1.165, 1.54) is 0 Å². The summed E-state index contributed by atoms with van der Waals surface area (Å²) in [5, 5.41) is 0. The van der Waals surface area contributed by atoms with Crippen LogP contribution in [-0.2, 0) is 22.9 Å². The number of hydrogen-bond acceptors (Lipinski definition) is 6. The fourth-order valence-corrected chi connectivity index (χ4v) is 2.82. The summed E-state index contributed by atoms with van der Waals surface area (Å²) in [6.45, 7) is 10.1. The molecule has 0 heterocycles. The van der Waals surface area contributed by atoms with Gasteiger partial charge in [-0.1, -0.05) is 0 Å². The number of hydrogen-bond donors (Lipinski definition) is 1. The molecule has 0 unspecified atom stereocenters. The molecule has 0 aromatic rings. The van der Waals surface area contributed by atoms with Crippen molar-refractivity contribution in [3.8, 4) is 0 Å². The molecule has 0 aliphatic rings. The molecule has 0 rings (SSSR count). The number of primary amides is 1. The van der Waals surface area contributed by atoms with E-state index in [2.05, 4.69) is 4.74 Å². The van der Waals surface area contributed by atoms with E-state index in [-0.39, 0.29) is 13.2 Å². The molecule has 7 nitrogen and oxygen atoms in total. The van der Waals surface area contributed by atoms with Crippen molar-refractivity contribution in [2.75, 3.05) is 13.2 Å². The third kappa shape index (κ3) is 10.9. The molecule has 0 bridgehead atoms. The van der Waals surface area contributed by atoms with Crippen LogP contribution in [0.3, 0.4) is 0 Å². The Labute approximate surface area is 114 Å². The van der Waals surface area contributed by atoms with Crippen LogP contribution in [0.25, 0.3) is 0 Å². The van der Waals surface area contributed by atoms with Gasteiger partial charge in [0, 0.05) is 0 Å². The Bertz CT molecular complexity index is 324. The topological polar surface area (TPSA) is 97.1 Å². The molecule has 0 spiro atoms. The van der Waals surface area contributed by atoms with Crippen LogP contribution < -0.4 is 5.73 Å². The van der Waals surface area contributed by atoms with E-state index in [0.717, 1.165) is 0 Å². The van der Waals surface area contributed by atoms with Gasteiger partial charge in [-0.15, -0.1) is 0 Å². The third-order valence-corrected chi connectivity index (χ3v) is 3.39. The van der Waals surface area contributed by atoms with E-state index < -0.39 is 25.1 Å². The van der Waals surface area contributed by atoms with Gasteiger partial charge in [0.2, 0.25) is 0 Å². The van der Waals surface area contributed by atoms with Gasteiger partial charge in [0.05, 0.1) is 17.8 Å². The minimum Gasteiger partial charge on any atom is -0.447 e. The van der Waals surface area contributed by atoms with Crippen LogP contribution in [-0.4, -0.2) is 30.5 Å². The highest BCUT2D eigenvalue weighted by Gasteiger charge is 2.37. The van der Waals surface area contributed by atoms with Gasteiger partial charge < -0.3 is 10.5 Å². The molecule has 0 aromatic heterocycles. The van der Waals surface area contributed by atoms with Crippen molar-refractivity contribution in [2.45, 2.75) is 52.7 Å². The Morgan fingerprint density at radius 2 is 1.42 bits per heavy atom. The quantitative estimate of drug-likeness (QED) is 0.598. The molecule has 8 heteroatoms. The Morgan fingerprint density at radius 3 is 1.74 bits per heavy atom. The molecule has 0 aromatic carbocycles. The lowest BCUT2D eigenvalue weighted by molar-refractivity contribution is -0.00173. The number of nitrogens with two attached hydrogens (primary N) is 1. The van der Waals surface area contributed by atoms with Crippen molar-refractivity contribution in [3.05, 3.63) is 0 Å². The van der Waals surface area contributed by atoms with Crippen molar-refractivity contribution in [1.29, 1.82) is 0 Å². The standard InChI is InChI=1S/C11H24NO6P/c1-10(2,3)17-19(14,18-11(4,5)6)16-8-7-15-9(12)13/h7-8H2,1-6H3,(H2,12,13). The lowest BCUT2D eigenvalue weighted by Crippen LogP contribution is -2.25. The van der Waals surface area contributed by atoms with E-state index in [4.69, 9.17) is 19.3 Å². The lowest BCUT2D eigenvalue weighted by Gasteiger charge is -2.30. The second-order valence-corrected chi connectivity index (χ2v) is 7.37. The Kier molecular flexibility index (Phi) is 6.48. The first kappa shape index (κ1) is 18.4. The zero-order valence-corrected chi connectivity index (χ0v) is 13.3.